The molecule has 1 amide bonds. The molecular weight excluding hydrogens is 386 g/mol. The van der Waals surface area contributed by atoms with E-state index >= 15 is 0 Å². The molecule has 2 aromatic carbocycles. The van der Waals surface area contributed by atoms with Gasteiger partial charge < -0.3 is 19.5 Å². The molecule has 1 aliphatic rings. The van der Waals surface area contributed by atoms with Gasteiger partial charge in [-0.2, -0.15) is 0 Å². The normalized spacial score (nSPS) is 23.2. The number of carbonyl (C=O) groups is 3. The van der Waals surface area contributed by atoms with E-state index in [0.717, 1.165) is 11.1 Å². The summed E-state index contributed by atoms with van der Waals surface area (Å²) in [5, 5.41) is 2.67. The SMILES string of the molecule is CC1OC(=O)C(C)C(NC(=O)OCc2ccccc2)C1C(=O)OCc1ccccc1. The Balaban J connectivity index is 1.65. The molecule has 4 atom stereocenters. The lowest BCUT2D eigenvalue weighted by Crippen LogP contribution is -2.58. The van der Waals surface area contributed by atoms with E-state index in [-0.39, 0.29) is 13.2 Å². The van der Waals surface area contributed by atoms with Gasteiger partial charge >= 0.3 is 18.0 Å². The molecule has 0 radical (unpaired) electrons. The van der Waals surface area contributed by atoms with Crippen LogP contribution in [0.3, 0.4) is 0 Å². The van der Waals surface area contributed by atoms with Crippen LogP contribution >= 0.6 is 0 Å². The molecule has 1 fully saturated rings. The highest BCUT2D eigenvalue weighted by atomic mass is 16.6. The molecule has 1 heterocycles. The quantitative estimate of drug-likeness (QED) is 0.580. The number of hydrogen-bond donors (Lipinski definition) is 1. The van der Waals surface area contributed by atoms with Gasteiger partial charge in [-0.25, -0.2) is 4.79 Å². The van der Waals surface area contributed by atoms with E-state index in [1.807, 2.05) is 60.7 Å². The van der Waals surface area contributed by atoms with Gasteiger partial charge in [0.25, 0.3) is 0 Å². The standard InChI is InChI=1S/C23H25NO6/c1-15-20(24-23(27)29-14-18-11-7-4-8-12-18)19(16(2)30-21(15)25)22(26)28-13-17-9-5-3-6-10-17/h3-12,15-16,19-20H,13-14H2,1-2H3,(H,24,27). The van der Waals surface area contributed by atoms with Crippen molar-refractivity contribution in [3.63, 3.8) is 0 Å². The van der Waals surface area contributed by atoms with Gasteiger partial charge in [0.15, 0.2) is 0 Å². The van der Waals surface area contributed by atoms with Crippen molar-refractivity contribution in [1.29, 1.82) is 0 Å². The Morgan fingerprint density at radius 2 is 1.43 bits per heavy atom. The number of carbonyl (C=O) groups excluding carboxylic acids is 3. The number of nitrogens with one attached hydrogen (secondary N) is 1. The summed E-state index contributed by atoms with van der Waals surface area (Å²) in [6, 6.07) is 17.7. The van der Waals surface area contributed by atoms with Gasteiger partial charge in [-0.05, 0) is 25.0 Å². The Bertz CT molecular complexity index is 870. The summed E-state index contributed by atoms with van der Waals surface area (Å²) in [6.07, 6.45) is -1.45. The first kappa shape index (κ1) is 21.4. The van der Waals surface area contributed by atoms with Crippen molar-refractivity contribution in [2.45, 2.75) is 39.2 Å². The first-order valence-corrected chi connectivity index (χ1v) is 9.84. The first-order valence-electron chi connectivity index (χ1n) is 9.84. The maximum absolute atomic E-state index is 12.8. The Morgan fingerprint density at radius 1 is 0.900 bits per heavy atom. The molecule has 0 saturated carbocycles. The second-order valence-corrected chi connectivity index (χ2v) is 7.28. The number of esters is 2. The summed E-state index contributed by atoms with van der Waals surface area (Å²) in [5.74, 6) is -2.59. The van der Waals surface area contributed by atoms with E-state index < -0.39 is 42.0 Å². The van der Waals surface area contributed by atoms with Crippen LogP contribution in [0.4, 0.5) is 4.79 Å². The molecule has 7 heteroatoms. The zero-order chi connectivity index (χ0) is 21.5. The van der Waals surface area contributed by atoms with Crippen molar-refractivity contribution in [2.24, 2.45) is 11.8 Å². The molecule has 0 bridgehead atoms. The first-order chi connectivity index (χ1) is 14.5. The van der Waals surface area contributed by atoms with Crippen LogP contribution in [0.1, 0.15) is 25.0 Å². The van der Waals surface area contributed by atoms with Crippen molar-refractivity contribution in [1.82, 2.24) is 5.32 Å². The summed E-state index contributed by atoms with van der Waals surface area (Å²) < 4.78 is 16.0. The molecule has 0 spiro atoms. The number of benzene rings is 2. The van der Waals surface area contributed by atoms with Crippen LogP contribution in [0.15, 0.2) is 60.7 Å². The van der Waals surface area contributed by atoms with Crippen LogP contribution < -0.4 is 5.32 Å². The molecule has 3 rings (SSSR count). The number of rotatable bonds is 6. The minimum atomic E-state index is -0.842. The zero-order valence-corrected chi connectivity index (χ0v) is 16.9. The van der Waals surface area contributed by atoms with Gasteiger partial charge in [0, 0.05) is 0 Å². The van der Waals surface area contributed by atoms with Gasteiger partial charge in [-0.15, -0.1) is 0 Å². The fraction of sp³-hybridized carbons (Fsp3) is 0.348. The highest BCUT2D eigenvalue weighted by Gasteiger charge is 2.47. The number of amides is 1. The monoisotopic (exact) mass is 411 g/mol. The Kier molecular flexibility index (Phi) is 7.06. The Labute approximate surface area is 175 Å². The molecular formula is C23H25NO6. The molecule has 7 nitrogen and oxygen atoms in total. The minimum absolute atomic E-state index is 0.0803. The smallest absolute Gasteiger partial charge is 0.407 e. The second-order valence-electron chi connectivity index (χ2n) is 7.28. The molecule has 30 heavy (non-hydrogen) atoms. The summed E-state index contributed by atoms with van der Waals surface area (Å²) >= 11 is 0. The highest BCUT2D eigenvalue weighted by molar-refractivity contribution is 5.82. The largest absolute Gasteiger partial charge is 0.461 e. The van der Waals surface area contributed by atoms with E-state index in [2.05, 4.69) is 5.32 Å². The van der Waals surface area contributed by atoms with Crippen molar-refractivity contribution in [3.8, 4) is 0 Å². The summed E-state index contributed by atoms with van der Waals surface area (Å²) in [7, 11) is 0. The lowest BCUT2D eigenvalue weighted by Gasteiger charge is -2.38. The molecule has 4 unspecified atom stereocenters. The summed E-state index contributed by atoms with van der Waals surface area (Å²) in [6.45, 7) is 3.39. The molecule has 158 valence electrons. The van der Waals surface area contributed by atoms with E-state index in [9.17, 15) is 14.4 Å². The van der Waals surface area contributed by atoms with E-state index in [1.165, 1.54) is 0 Å². The Hall–Kier alpha value is -3.35. The average Bonchev–Trinajstić information content (AvgIpc) is 2.76. The number of alkyl carbamates (subject to hydrolysis) is 1. The van der Waals surface area contributed by atoms with Crippen LogP contribution in [-0.2, 0) is 37.0 Å². The van der Waals surface area contributed by atoms with Gasteiger partial charge in [0.05, 0.1) is 12.0 Å². The fourth-order valence-electron chi connectivity index (χ4n) is 3.39. The number of cyclic esters (lactones) is 1. The summed E-state index contributed by atoms with van der Waals surface area (Å²) in [4.78, 5) is 37.3. The maximum atomic E-state index is 12.8. The van der Waals surface area contributed by atoms with Crippen LogP contribution in [0, 0.1) is 11.8 Å². The van der Waals surface area contributed by atoms with Crippen molar-refractivity contribution >= 4 is 18.0 Å². The molecule has 1 saturated heterocycles. The number of hydrogen-bond acceptors (Lipinski definition) is 6. The molecule has 0 aromatic heterocycles. The third kappa shape index (κ3) is 5.37. The molecule has 1 aliphatic heterocycles. The van der Waals surface area contributed by atoms with Crippen molar-refractivity contribution in [2.75, 3.05) is 0 Å². The third-order valence-electron chi connectivity index (χ3n) is 5.10. The van der Waals surface area contributed by atoms with Crippen LogP contribution in [0.5, 0.6) is 0 Å². The predicted molar refractivity (Wildman–Crippen MR) is 108 cm³/mol. The van der Waals surface area contributed by atoms with Crippen LogP contribution in [0.25, 0.3) is 0 Å². The topological polar surface area (TPSA) is 90.9 Å². The third-order valence-corrected chi connectivity index (χ3v) is 5.10. The van der Waals surface area contributed by atoms with Gasteiger partial charge in [-0.1, -0.05) is 60.7 Å². The molecule has 1 N–H and O–H groups in total. The van der Waals surface area contributed by atoms with Gasteiger partial charge in [-0.3, -0.25) is 9.59 Å². The van der Waals surface area contributed by atoms with E-state index in [0.29, 0.717) is 0 Å². The summed E-state index contributed by atoms with van der Waals surface area (Å²) in [5.41, 5.74) is 1.67. The molecule has 0 aliphatic carbocycles. The van der Waals surface area contributed by atoms with Gasteiger partial charge in [0.1, 0.15) is 25.2 Å². The molecule has 2 aromatic rings. The average molecular weight is 411 g/mol. The predicted octanol–water partition coefficient (Wildman–Crippen LogP) is 3.22. The fourth-order valence-corrected chi connectivity index (χ4v) is 3.39. The van der Waals surface area contributed by atoms with Crippen LogP contribution in [-0.4, -0.2) is 30.2 Å². The van der Waals surface area contributed by atoms with Crippen molar-refractivity contribution in [3.05, 3.63) is 71.8 Å². The van der Waals surface area contributed by atoms with Crippen molar-refractivity contribution < 1.29 is 28.6 Å². The zero-order valence-electron chi connectivity index (χ0n) is 16.9. The van der Waals surface area contributed by atoms with E-state index in [4.69, 9.17) is 14.2 Å². The second kappa shape index (κ2) is 9.91. The lowest BCUT2D eigenvalue weighted by molar-refractivity contribution is -0.176. The maximum Gasteiger partial charge on any atom is 0.407 e. The highest BCUT2D eigenvalue weighted by Crippen LogP contribution is 2.28. The number of ether oxygens (including phenoxy) is 3. The van der Waals surface area contributed by atoms with Gasteiger partial charge in [0.2, 0.25) is 0 Å². The van der Waals surface area contributed by atoms with Crippen LogP contribution in [0.2, 0.25) is 0 Å². The van der Waals surface area contributed by atoms with E-state index in [1.54, 1.807) is 13.8 Å². The Morgan fingerprint density at radius 3 is 2.00 bits per heavy atom. The lowest BCUT2D eigenvalue weighted by atomic mass is 9.83. The minimum Gasteiger partial charge on any atom is -0.461 e.